The second kappa shape index (κ2) is 12.0. The minimum Gasteiger partial charge on any atom is -0.497 e. The molecule has 12 nitrogen and oxygen atoms in total. The lowest BCUT2D eigenvalue weighted by Gasteiger charge is -2.27. The van der Waals surface area contributed by atoms with Crippen LogP contribution in [0.1, 0.15) is 10.4 Å². The number of nitrogen functional groups attached to an aromatic ring is 1. The Morgan fingerprint density at radius 3 is 2.70 bits per heavy atom. The van der Waals surface area contributed by atoms with Gasteiger partial charge in [-0.25, -0.2) is 18.7 Å². The largest absolute Gasteiger partial charge is 0.497 e. The summed E-state index contributed by atoms with van der Waals surface area (Å²) in [5.41, 5.74) is 6.58. The molecule has 5 aromatic rings. The molecule has 43 heavy (non-hydrogen) atoms. The molecule has 0 unspecified atom stereocenters. The van der Waals surface area contributed by atoms with E-state index in [1.54, 1.807) is 18.3 Å². The van der Waals surface area contributed by atoms with Crippen LogP contribution in [-0.2, 0) is 4.74 Å². The number of nitrogens with two attached hydrogens (primary N) is 1. The molecule has 1 aliphatic heterocycles. The molecule has 0 spiro atoms. The molecule has 0 atom stereocenters. The molecule has 1 amide bonds. The summed E-state index contributed by atoms with van der Waals surface area (Å²) < 4.78 is 45.3. The molecule has 0 aliphatic carbocycles. The highest BCUT2D eigenvalue weighted by Gasteiger charge is 2.22. The molecule has 1 aliphatic rings. The number of aromatic nitrogens is 4. The Hall–Kier alpha value is -5.15. The molecule has 0 bridgehead atoms. The number of morpholine rings is 1. The number of pyridine rings is 1. The Morgan fingerprint density at radius 2 is 1.93 bits per heavy atom. The number of hydrogen-bond donors (Lipinski definition) is 3. The monoisotopic (exact) mass is 606 g/mol. The number of rotatable bonds is 8. The van der Waals surface area contributed by atoms with Gasteiger partial charge in [0.15, 0.2) is 5.13 Å². The minimum absolute atomic E-state index is 0.00969. The number of carbonyl (C=O) groups is 1. The Kier molecular flexibility index (Phi) is 7.81. The summed E-state index contributed by atoms with van der Waals surface area (Å²) in [6, 6.07) is 11.8. The molecular formula is C28H24F2N8O4S. The first-order chi connectivity index (χ1) is 20.9. The summed E-state index contributed by atoms with van der Waals surface area (Å²) in [5.74, 6) is -1.31. The van der Waals surface area contributed by atoms with Crippen molar-refractivity contribution in [2.24, 2.45) is 0 Å². The van der Waals surface area contributed by atoms with E-state index in [4.69, 9.17) is 19.7 Å². The molecule has 3 aromatic heterocycles. The topological polar surface area (TPSA) is 154 Å². The third-order valence-corrected chi connectivity index (χ3v) is 7.46. The number of methoxy groups -OCH3 is 1. The lowest BCUT2D eigenvalue weighted by atomic mass is 10.1. The first kappa shape index (κ1) is 28.0. The predicted octanol–water partition coefficient (Wildman–Crippen LogP) is 4.96. The summed E-state index contributed by atoms with van der Waals surface area (Å²) in [6.45, 7) is 2.88. The summed E-state index contributed by atoms with van der Waals surface area (Å²) in [6.07, 6.45) is 1.69. The molecule has 1 fully saturated rings. The number of anilines is 5. The van der Waals surface area contributed by atoms with E-state index in [0.29, 0.717) is 40.7 Å². The fourth-order valence-corrected chi connectivity index (χ4v) is 5.13. The quantitative estimate of drug-likeness (QED) is 0.220. The highest BCUT2D eigenvalue weighted by atomic mass is 32.1. The second-order valence-electron chi connectivity index (χ2n) is 9.28. The number of amides is 1. The maximum atomic E-state index is 14.8. The number of benzene rings is 2. The van der Waals surface area contributed by atoms with Crippen LogP contribution in [0.25, 0.3) is 22.2 Å². The highest BCUT2D eigenvalue weighted by Crippen LogP contribution is 2.37. The molecule has 6 rings (SSSR count). The second-order valence-corrected chi connectivity index (χ2v) is 10.3. The van der Waals surface area contributed by atoms with Crippen molar-refractivity contribution in [1.29, 1.82) is 0 Å². The molecule has 0 saturated carbocycles. The van der Waals surface area contributed by atoms with Crippen molar-refractivity contribution in [3.8, 4) is 27.9 Å². The third-order valence-electron chi connectivity index (χ3n) is 6.49. The van der Waals surface area contributed by atoms with Crippen LogP contribution < -0.4 is 26.0 Å². The highest BCUT2D eigenvalue weighted by molar-refractivity contribution is 7.19. The van der Waals surface area contributed by atoms with E-state index >= 15 is 0 Å². The molecule has 220 valence electrons. The molecule has 15 heteroatoms. The zero-order chi connectivity index (χ0) is 29.9. The maximum Gasteiger partial charge on any atom is 0.272 e. The van der Waals surface area contributed by atoms with E-state index in [9.17, 15) is 13.6 Å². The van der Waals surface area contributed by atoms with Crippen molar-refractivity contribution in [2.45, 2.75) is 0 Å². The fourth-order valence-electron chi connectivity index (χ4n) is 4.30. The van der Waals surface area contributed by atoms with E-state index in [1.807, 2.05) is 12.1 Å². The van der Waals surface area contributed by atoms with E-state index in [2.05, 4.69) is 35.6 Å². The first-order valence-corrected chi connectivity index (χ1v) is 13.8. The molecule has 1 saturated heterocycles. The van der Waals surface area contributed by atoms with Crippen LogP contribution in [0.2, 0.25) is 0 Å². The average molecular weight is 607 g/mol. The Bertz CT molecular complexity index is 1770. The van der Waals surface area contributed by atoms with Gasteiger partial charge in [0.2, 0.25) is 5.82 Å². The number of carbonyl (C=O) groups excluding carboxylic acids is 1. The smallest absolute Gasteiger partial charge is 0.272 e. The lowest BCUT2D eigenvalue weighted by Crippen LogP contribution is -2.36. The van der Waals surface area contributed by atoms with Crippen molar-refractivity contribution in [2.75, 3.05) is 54.7 Å². The lowest BCUT2D eigenvalue weighted by molar-refractivity contribution is 0.102. The summed E-state index contributed by atoms with van der Waals surface area (Å²) in [4.78, 5) is 28.3. The van der Waals surface area contributed by atoms with Gasteiger partial charge in [0.1, 0.15) is 33.9 Å². The predicted molar refractivity (Wildman–Crippen MR) is 157 cm³/mol. The van der Waals surface area contributed by atoms with Gasteiger partial charge in [-0.05, 0) is 36.4 Å². The van der Waals surface area contributed by atoms with Crippen LogP contribution in [0.15, 0.2) is 59.3 Å². The molecule has 4 heterocycles. The number of thiazole rings is 1. The Labute approximate surface area is 247 Å². The SMILES string of the molecule is COc1cccc(C(=O)Nc2cc(-c3noc(-c4sc(Nc5ccc(N6CCOCC6)nc5)nc4N)n3)c(F)cc2F)c1. The van der Waals surface area contributed by atoms with E-state index in [1.165, 1.54) is 19.2 Å². The van der Waals surface area contributed by atoms with Crippen LogP contribution in [-0.4, -0.2) is 59.4 Å². The van der Waals surface area contributed by atoms with E-state index in [-0.39, 0.29) is 34.3 Å². The maximum absolute atomic E-state index is 14.8. The van der Waals surface area contributed by atoms with Crippen molar-refractivity contribution in [3.05, 3.63) is 71.9 Å². The number of nitrogens with one attached hydrogen (secondary N) is 2. The van der Waals surface area contributed by atoms with Crippen LogP contribution in [0, 0.1) is 11.6 Å². The summed E-state index contributed by atoms with van der Waals surface area (Å²) in [5, 5.41) is 9.88. The zero-order valence-electron chi connectivity index (χ0n) is 22.6. The first-order valence-electron chi connectivity index (χ1n) is 13.0. The van der Waals surface area contributed by atoms with Crippen LogP contribution in [0.3, 0.4) is 0 Å². The number of hydrogen-bond acceptors (Lipinski definition) is 12. The van der Waals surface area contributed by atoms with E-state index < -0.39 is 17.5 Å². The van der Waals surface area contributed by atoms with Gasteiger partial charge in [-0.15, -0.1) is 0 Å². The van der Waals surface area contributed by atoms with Gasteiger partial charge in [-0.2, -0.15) is 4.98 Å². The van der Waals surface area contributed by atoms with Crippen LogP contribution in [0.4, 0.5) is 36.9 Å². The van der Waals surface area contributed by atoms with E-state index in [0.717, 1.165) is 36.3 Å². The van der Waals surface area contributed by atoms with Crippen LogP contribution >= 0.6 is 11.3 Å². The molecule has 0 radical (unpaired) electrons. The Balaban J connectivity index is 1.19. The molecular weight excluding hydrogens is 582 g/mol. The number of ether oxygens (including phenoxy) is 2. The average Bonchev–Trinajstić information content (AvgIpc) is 3.65. The van der Waals surface area contributed by atoms with Gasteiger partial charge < -0.3 is 35.3 Å². The minimum atomic E-state index is -0.976. The number of halogens is 2. The van der Waals surface area contributed by atoms with Crippen molar-refractivity contribution in [1.82, 2.24) is 20.1 Å². The van der Waals surface area contributed by atoms with Gasteiger partial charge in [-0.3, -0.25) is 4.79 Å². The van der Waals surface area contributed by atoms with Gasteiger partial charge in [-0.1, -0.05) is 22.6 Å². The Morgan fingerprint density at radius 1 is 1.09 bits per heavy atom. The standard InChI is InChI=1S/C28H24F2N8O4S/c1-40-17-4-2-3-15(11-17)26(39)34-21-12-18(19(29)13-20(21)30)25-36-27(42-37-25)23-24(31)35-28(43-23)33-16-5-6-22(32-14-16)38-7-9-41-10-8-38/h2-6,11-14H,7-10,31H2,1H3,(H,33,35)(H,34,39). The van der Waals surface area contributed by atoms with Gasteiger partial charge in [0, 0.05) is 24.7 Å². The zero-order valence-corrected chi connectivity index (χ0v) is 23.5. The van der Waals surface area contributed by atoms with Gasteiger partial charge >= 0.3 is 0 Å². The summed E-state index contributed by atoms with van der Waals surface area (Å²) >= 11 is 1.15. The van der Waals surface area contributed by atoms with Crippen molar-refractivity contribution in [3.63, 3.8) is 0 Å². The van der Waals surface area contributed by atoms with Crippen molar-refractivity contribution < 1.29 is 27.6 Å². The third kappa shape index (κ3) is 6.07. The molecule has 2 aromatic carbocycles. The normalized spacial score (nSPS) is 13.1. The van der Waals surface area contributed by atoms with Crippen molar-refractivity contribution >= 4 is 45.4 Å². The molecule has 4 N–H and O–H groups in total. The summed E-state index contributed by atoms with van der Waals surface area (Å²) in [7, 11) is 1.46. The number of nitrogens with zero attached hydrogens (tertiary/aromatic N) is 5. The van der Waals surface area contributed by atoms with Gasteiger partial charge in [0.25, 0.3) is 11.8 Å². The fraction of sp³-hybridized carbons (Fsp3) is 0.179. The van der Waals surface area contributed by atoms with Crippen LogP contribution in [0.5, 0.6) is 5.75 Å². The van der Waals surface area contributed by atoms with Gasteiger partial charge in [0.05, 0.1) is 43.5 Å².